The lowest BCUT2D eigenvalue weighted by molar-refractivity contribution is -0.0948. The first-order chi connectivity index (χ1) is 12.1. The fourth-order valence-electron chi connectivity index (χ4n) is 3.26. The van der Waals surface area contributed by atoms with Gasteiger partial charge in [-0.2, -0.15) is 0 Å². The summed E-state index contributed by atoms with van der Waals surface area (Å²) in [6.07, 6.45) is 1.45. The van der Waals surface area contributed by atoms with E-state index in [0.29, 0.717) is 18.5 Å². The van der Waals surface area contributed by atoms with Gasteiger partial charge in [-0.3, -0.25) is 0 Å². The van der Waals surface area contributed by atoms with Crippen LogP contribution in [0.4, 0.5) is 4.39 Å². The second-order valence-electron chi connectivity index (χ2n) is 6.17. The zero-order valence-electron chi connectivity index (χ0n) is 14.1. The second kappa shape index (κ2) is 8.04. The lowest BCUT2D eigenvalue weighted by atomic mass is 9.84. The van der Waals surface area contributed by atoms with Crippen molar-refractivity contribution in [1.29, 1.82) is 0 Å². The number of hydrogen-bond donors (Lipinski definition) is 0. The highest BCUT2D eigenvalue weighted by molar-refractivity contribution is 9.09. The Balaban J connectivity index is 1.98. The lowest BCUT2D eigenvalue weighted by Gasteiger charge is -2.36. The van der Waals surface area contributed by atoms with Crippen molar-refractivity contribution in [3.63, 3.8) is 0 Å². The summed E-state index contributed by atoms with van der Waals surface area (Å²) in [7, 11) is 1.69. The van der Waals surface area contributed by atoms with E-state index in [1.165, 1.54) is 0 Å². The van der Waals surface area contributed by atoms with Crippen LogP contribution in [-0.2, 0) is 15.1 Å². The van der Waals surface area contributed by atoms with Crippen LogP contribution in [0.2, 0.25) is 0 Å². The van der Waals surface area contributed by atoms with Crippen LogP contribution < -0.4 is 0 Å². The molecule has 5 heteroatoms. The monoisotopic (exact) mass is 422 g/mol. The zero-order chi connectivity index (χ0) is 17.9. The molecule has 0 atom stereocenters. The molecule has 0 radical (unpaired) electrons. The summed E-state index contributed by atoms with van der Waals surface area (Å²) >= 11 is 8.68. The second-order valence-corrected chi connectivity index (χ2v) is 7.23. The summed E-state index contributed by atoms with van der Waals surface area (Å²) in [5.74, 6) is -0.254. The topological polar surface area (TPSA) is 18.5 Å². The van der Waals surface area contributed by atoms with Crippen molar-refractivity contribution in [3.8, 4) is 11.1 Å². The van der Waals surface area contributed by atoms with Gasteiger partial charge in [0.1, 0.15) is 5.82 Å². The minimum atomic E-state index is -0.480. The minimum Gasteiger partial charge on any atom is -0.381 e. The molecule has 0 saturated carbocycles. The van der Waals surface area contributed by atoms with Crippen LogP contribution in [-0.4, -0.2) is 30.5 Å². The van der Waals surface area contributed by atoms with Crippen molar-refractivity contribution in [1.82, 2.24) is 0 Å². The normalized spacial score (nSPS) is 16.6. The van der Waals surface area contributed by atoms with Gasteiger partial charge in [-0.25, -0.2) is 4.39 Å². The first-order valence-corrected chi connectivity index (χ1v) is 9.74. The molecular weight excluding hydrogens is 403 g/mol. The van der Waals surface area contributed by atoms with Gasteiger partial charge in [-0.15, -0.1) is 0 Å². The fraction of sp³-hybridized carbons (Fsp3) is 0.350. The summed E-state index contributed by atoms with van der Waals surface area (Å²) in [6.45, 7) is 1.25. The Kier molecular flexibility index (Phi) is 6.00. The first kappa shape index (κ1) is 18.6. The van der Waals surface area contributed by atoms with Crippen molar-refractivity contribution in [2.45, 2.75) is 18.4 Å². The maximum atomic E-state index is 14.3. The highest BCUT2D eigenvalue weighted by Crippen LogP contribution is 2.37. The van der Waals surface area contributed by atoms with Gasteiger partial charge >= 0.3 is 0 Å². The third-order valence-corrected chi connectivity index (χ3v) is 6.09. The Bertz CT molecular complexity index is 755. The van der Waals surface area contributed by atoms with E-state index >= 15 is 0 Å². The SMILES string of the molecule is COC1(c2cc(F)cc(-c3ccc(C(=S)CBr)cc3)c2)CCOCC1. The van der Waals surface area contributed by atoms with Crippen molar-refractivity contribution in [2.24, 2.45) is 0 Å². The van der Waals surface area contributed by atoms with Crippen LogP contribution in [0.25, 0.3) is 11.1 Å². The molecule has 0 aromatic heterocycles. The number of halogens is 2. The number of benzene rings is 2. The molecule has 2 aromatic rings. The molecule has 1 saturated heterocycles. The van der Waals surface area contributed by atoms with Crippen LogP contribution in [0.15, 0.2) is 42.5 Å². The molecule has 2 nitrogen and oxygen atoms in total. The van der Waals surface area contributed by atoms with Gasteiger partial charge in [-0.05, 0) is 40.5 Å². The molecule has 0 aliphatic carbocycles. The van der Waals surface area contributed by atoms with Crippen LogP contribution in [0.1, 0.15) is 24.0 Å². The molecule has 2 aromatic carbocycles. The van der Waals surface area contributed by atoms with E-state index in [4.69, 9.17) is 21.7 Å². The smallest absolute Gasteiger partial charge is 0.124 e. The maximum absolute atomic E-state index is 14.3. The maximum Gasteiger partial charge on any atom is 0.124 e. The Morgan fingerprint density at radius 1 is 1.16 bits per heavy atom. The van der Waals surface area contributed by atoms with Gasteiger partial charge in [0.15, 0.2) is 0 Å². The molecule has 0 unspecified atom stereocenters. The Morgan fingerprint density at radius 3 is 2.44 bits per heavy atom. The molecule has 0 N–H and O–H groups in total. The highest BCUT2D eigenvalue weighted by Gasteiger charge is 2.35. The van der Waals surface area contributed by atoms with Crippen molar-refractivity contribution < 1.29 is 13.9 Å². The largest absolute Gasteiger partial charge is 0.381 e. The van der Waals surface area contributed by atoms with Gasteiger partial charge < -0.3 is 9.47 Å². The van der Waals surface area contributed by atoms with Crippen LogP contribution >= 0.6 is 28.1 Å². The lowest BCUT2D eigenvalue weighted by Crippen LogP contribution is -2.35. The summed E-state index contributed by atoms with van der Waals surface area (Å²) in [5, 5.41) is 0.657. The standard InChI is InChI=1S/C20H20BrFO2S/c1-23-20(6-8-24-9-7-20)17-10-16(11-18(22)12-17)14-2-4-15(5-3-14)19(25)13-21/h2-5,10-12H,6-9,13H2,1H3. The Morgan fingerprint density at radius 2 is 1.84 bits per heavy atom. The molecule has 0 bridgehead atoms. The van der Waals surface area contributed by atoms with Gasteiger partial charge in [-0.1, -0.05) is 52.4 Å². The van der Waals surface area contributed by atoms with Crippen LogP contribution in [0, 0.1) is 5.82 Å². The first-order valence-electron chi connectivity index (χ1n) is 8.21. The van der Waals surface area contributed by atoms with Crippen molar-refractivity contribution in [3.05, 3.63) is 59.4 Å². The van der Waals surface area contributed by atoms with E-state index < -0.39 is 5.60 Å². The molecule has 1 aliphatic heterocycles. The quantitative estimate of drug-likeness (QED) is 0.372. The molecule has 1 fully saturated rings. The number of thiocarbonyl (C=S) groups is 1. The molecule has 25 heavy (non-hydrogen) atoms. The number of alkyl halides is 1. The van der Waals surface area contributed by atoms with Gasteiger partial charge in [0.2, 0.25) is 0 Å². The van der Waals surface area contributed by atoms with E-state index in [2.05, 4.69) is 15.9 Å². The number of rotatable bonds is 5. The van der Waals surface area contributed by atoms with Gasteiger partial charge in [0.25, 0.3) is 0 Å². The highest BCUT2D eigenvalue weighted by atomic mass is 79.9. The third kappa shape index (κ3) is 4.00. The number of ether oxygens (including phenoxy) is 2. The van der Waals surface area contributed by atoms with Crippen LogP contribution in [0.3, 0.4) is 0 Å². The molecule has 1 heterocycles. The van der Waals surface area contributed by atoms with E-state index in [1.807, 2.05) is 30.3 Å². The predicted molar refractivity (Wildman–Crippen MR) is 106 cm³/mol. The van der Waals surface area contributed by atoms with E-state index in [0.717, 1.165) is 40.0 Å². The molecule has 3 rings (SSSR count). The summed E-state index contributed by atoms with van der Waals surface area (Å²) < 4.78 is 25.6. The van der Waals surface area contributed by atoms with Crippen molar-refractivity contribution in [2.75, 3.05) is 25.7 Å². The van der Waals surface area contributed by atoms with E-state index in [-0.39, 0.29) is 5.82 Å². The third-order valence-electron chi connectivity index (χ3n) is 4.78. The summed E-state index contributed by atoms with van der Waals surface area (Å²) in [6, 6.07) is 13.1. The number of hydrogen-bond acceptors (Lipinski definition) is 3. The molecule has 132 valence electrons. The average molecular weight is 423 g/mol. The van der Waals surface area contributed by atoms with Crippen LogP contribution in [0.5, 0.6) is 0 Å². The summed E-state index contributed by atoms with van der Waals surface area (Å²) in [4.78, 5) is 0.854. The van der Waals surface area contributed by atoms with Gasteiger partial charge in [0.05, 0.1) is 5.60 Å². The van der Waals surface area contributed by atoms with Crippen molar-refractivity contribution >= 4 is 33.0 Å². The van der Waals surface area contributed by atoms with E-state index in [1.54, 1.807) is 19.2 Å². The molecular formula is C20H20BrFO2S. The Labute approximate surface area is 161 Å². The zero-order valence-corrected chi connectivity index (χ0v) is 16.5. The van der Waals surface area contributed by atoms with Gasteiger partial charge in [0, 0.05) is 43.4 Å². The fourth-order valence-corrected chi connectivity index (χ4v) is 3.72. The number of methoxy groups -OCH3 is 1. The minimum absolute atomic E-state index is 0.254. The molecule has 0 spiro atoms. The predicted octanol–water partition coefficient (Wildman–Crippen LogP) is 5.26. The Hall–Kier alpha value is -1.14. The molecule has 1 aliphatic rings. The van der Waals surface area contributed by atoms with E-state index in [9.17, 15) is 4.39 Å². The summed E-state index contributed by atoms with van der Waals surface area (Å²) in [5.41, 5.74) is 3.19. The average Bonchev–Trinajstić information content (AvgIpc) is 2.67. The molecule has 0 amide bonds.